The highest BCUT2D eigenvalue weighted by molar-refractivity contribution is 7.16. The average molecular weight is 188 g/mol. The van der Waals surface area contributed by atoms with E-state index in [1.807, 2.05) is 29.9 Å². The normalized spacial score (nSPS) is 9.85. The highest BCUT2D eigenvalue weighted by Gasteiger charge is 2.04. The van der Waals surface area contributed by atoms with Gasteiger partial charge in [0.25, 0.3) is 0 Å². The van der Waals surface area contributed by atoms with Gasteiger partial charge in [-0.3, -0.25) is 0 Å². The van der Waals surface area contributed by atoms with Crippen LogP contribution in [0.15, 0.2) is 24.7 Å². The molecular weight excluding hydrogens is 180 g/mol. The molecule has 0 aliphatic heterocycles. The summed E-state index contributed by atoms with van der Waals surface area (Å²) in [6.07, 6.45) is 8.91. The molecule has 13 heavy (non-hydrogen) atoms. The number of hydrogen-bond donors (Lipinski definition) is 0. The first-order valence-corrected chi connectivity index (χ1v) is 4.66. The summed E-state index contributed by atoms with van der Waals surface area (Å²) >= 11 is 1.61. The topological polar surface area (TPSA) is 17.8 Å². The smallest absolute Gasteiger partial charge is 0.0948 e. The molecule has 0 bridgehead atoms. The van der Waals surface area contributed by atoms with Crippen LogP contribution in [-0.4, -0.2) is 9.55 Å². The Morgan fingerprint density at radius 3 is 2.92 bits per heavy atom. The zero-order valence-corrected chi connectivity index (χ0v) is 8.01. The minimum atomic E-state index is 0.955. The van der Waals surface area contributed by atoms with Gasteiger partial charge >= 0.3 is 0 Å². The summed E-state index contributed by atoms with van der Waals surface area (Å²) in [5.41, 5.74) is 1.10. The third kappa shape index (κ3) is 1.36. The van der Waals surface area contributed by atoms with Crippen molar-refractivity contribution in [2.75, 3.05) is 0 Å². The molecule has 0 atom stereocenters. The zero-order chi connectivity index (χ0) is 9.26. The first kappa shape index (κ1) is 8.09. The molecule has 0 spiro atoms. The number of aryl methyl sites for hydroxylation is 1. The van der Waals surface area contributed by atoms with Crippen molar-refractivity contribution >= 4 is 11.3 Å². The number of terminal acetylenes is 1. The summed E-state index contributed by atoms with van der Waals surface area (Å²) in [4.78, 5) is 6.17. The van der Waals surface area contributed by atoms with E-state index in [-0.39, 0.29) is 0 Å². The molecule has 2 heterocycles. The molecule has 0 fully saturated rings. The van der Waals surface area contributed by atoms with E-state index in [2.05, 4.69) is 10.9 Å². The number of thiophene rings is 1. The Labute approximate surface area is 80.9 Å². The summed E-state index contributed by atoms with van der Waals surface area (Å²) in [5.74, 6) is 2.62. The lowest BCUT2D eigenvalue weighted by Gasteiger charge is -1.95. The number of aromatic nitrogens is 2. The van der Waals surface area contributed by atoms with Gasteiger partial charge in [0.2, 0.25) is 0 Å². The van der Waals surface area contributed by atoms with Crippen LogP contribution in [0.25, 0.3) is 10.6 Å². The third-order valence-electron chi connectivity index (χ3n) is 1.82. The van der Waals surface area contributed by atoms with Gasteiger partial charge in [-0.05, 0) is 12.1 Å². The van der Waals surface area contributed by atoms with E-state index < -0.39 is 0 Å². The van der Waals surface area contributed by atoms with Crippen molar-refractivity contribution in [3.05, 3.63) is 29.5 Å². The minimum absolute atomic E-state index is 0.955. The Balaban J connectivity index is 2.48. The van der Waals surface area contributed by atoms with Gasteiger partial charge in [-0.2, -0.15) is 0 Å². The molecule has 0 N–H and O–H groups in total. The lowest BCUT2D eigenvalue weighted by atomic mass is 10.3. The second kappa shape index (κ2) is 3.08. The molecule has 0 amide bonds. The van der Waals surface area contributed by atoms with Crippen LogP contribution in [0.5, 0.6) is 0 Å². The van der Waals surface area contributed by atoms with Crippen molar-refractivity contribution < 1.29 is 0 Å². The Kier molecular flexibility index (Phi) is 1.91. The lowest BCUT2D eigenvalue weighted by Crippen LogP contribution is -1.85. The Morgan fingerprint density at radius 2 is 2.38 bits per heavy atom. The molecule has 0 saturated carbocycles. The Morgan fingerprint density at radius 1 is 1.54 bits per heavy atom. The quantitative estimate of drug-likeness (QED) is 0.627. The molecule has 0 aromatic carbocycles. The molecular formula is C10H8N2S. The molecule has 2 rings (SSSR count). The van der Waals surface area contributed by atoms with Crippen molar-refractivity contribution in [3.8, 4) is 22.9 Å². The van der Waals surface area contributed by atoms with E-state index in [1.54, 1.807) is 17.7 Å². The van der Waals surface area contributed by atoms with Crippen molar-refractivity contribution in [2.24, 2.45) is 7.05 Å². The first-order valence-electron chi connectivity index (χ1n) is 3.84. The molecule has 64 valence electrons. The van der Waals surface area contributed by atoms with Crippen LogP contribution in [0.1, 0.15) is 4.88 Å². The van der Waals surface area contributed by atoms with E-state index in [1.165, 1.54) is 0 Å². The molecule has 3 heteroatoms. The van der Waals surface area contributed by atoms with Crippen molar-refractivity contribution in [1.82, 2.24) is 9.55 Å². The maximum absolute atomic E-state index is 5.29. The van der Waals surface area contributed by atoms with Crippen LogP contribution < -0.4 is 0 Å². The fourth-order valence-electron chi connectivity index (χ4n) is 1.15. The monoisotopic (exact) mass is 188 g/mol. The van der Waals surface area contributed by atoms with Crippen molar-refractivity contribution in [1.29, 1.82) is 0 Å². The van der Waals surface area contributed by atoms with Gasteiger partial charge in [0, 0.05) is 7.05 Å². The summed E-state index contributed by atoms with van der Waals surface area (Å²) < 4.78 is 1.98. The fraction of sp³-hybridized carbons (Fsp3) is 0.100. The van der Waals surface area contributed by atoms with E-state index in [0.717, 1.165) is 15.4 Å². The molecule has 0 unspecified atom stereocenters. The van der Waals surface area contributed by atoms with Gasteiger partial charge in [0.05, 0.1) is 28.0 Å². The van der Waals surface area contributed by atoms with Gasteiger partial charge in [-0.15, -0.1) is 17.8 Å². The van der Waals surface area contributed by atoms with Crippen LogP contribution in [-0.2, 0) is 7.05 Å². The molecule has 0 aliphatic carbocycles. The van der Waals surface area contributed by atoms with Gasteiger partial charge in [0.1, 0.15) is 0 Å². The summed E-state index contributed by atoms with van der Waals surface area (Å²) in [7, 11) is 1.97. The highest BCUT2D eigenvalue weighted by Crippen LogP contribution is 2.26. The van der Waals surface area contributed by atoms with E-state index in [0.29, 0.717) is 0 Å². The van der Waals surface area contributed by atoms with Crippen LogP contribution in [0, 0.1) is 12.3 Å². The second-order valence-electron chi connectivity index (χ2n) is 2.70. The van der Waals surface area contributed by atoms with Crippen LogP contribution in [0.2, 0.25) is 0 Å². The van der Waals surface area contributed by atoms with Gasteiger partial charge in [0.15, 0.2) is 0 Å². The molecule has 2 aromatic heterocycles. The largest absolute Gasteiger partial charge is 0.333 e. The Bertz CT molecular complexity index is 459. The average Bonchev–Trinajstić information content (AvgIpc) is 2.71. The molecule has 2 aromatic rings. The minimum Gasteiger partial charge on any atom is -0.333 e. The van der Waals surface area contributed by atoms with Crippen molar-refractivity contribution in [2.45, 2.75) is 0 Å². The second-order valence-corrected chi connectivity index (χ2v) is 3.78. The van der Waals surface area contributed by atoms with Gasteiger partial charge in [-0.25, -0.2) is 4.98 Å². The maximum Gasteiger partial charge on any atom is 0.0948 e. The maximum atomic E-state index is 5.29. The SMILES string of the molecule is C#Cc1ccc(-c2cncn2C)s1. The van der Waals surface area contributed by atoms with Gasteiger partial charge < -0.3 is 4.57 Å². The van der Waals surface area contributed by atoms with Crippen LogP contribution >= 0.6 is 11.3 Å². The third-order valence-corrected chi connectivity index (χ3v) is 2.86. The fourth-order valence-corrected chi connectivity index (χ4v) is 2.02. The Hall–Kier alpha value is -1.53. The predicted molar refractivity (Wildman–Crippen MR) is 54.5 cm³/mol. The molecule has 2 nitrogen and oxygen atoms in total. The zero-order valence-electron chi connectivity index (χ0n) is 7.19. The summed E-state index contributed by atoms with van der Waals surface area (Å²) in [6.45, 7) is 0. The molecule has 0 saturated heterocycles. The van der Waals surface area contributed by atoms with Gasteiger partial charge in [-0.1, -0.05) is 5.92 Å². The molecule has 0 radical (unpaired) electrons. The summed E-state index contributed by atoms with van der Waals surface area (Å²) in [5, 5.41) is 0. The number of hydrogen-bond acceptors (Lipinski definition) is 2. The number of rotatable bonds is 1. The standard InChI is InChI=1S/C10H8N2S/c1-3-8-4-5-10(13-8)9-6-11-7-12(9)2/h1,4-7H,2H3. The molecule has 0 aliphatic rings. The van der Waals surface area contributed by atoms with E-state index in [9.17, 15) is 0 Å². The summed E-state index contributed by atoms with van der Waals surface area (Å²) in [6, 6.07) is 3.98. The van der Waals surface area contributed by atoms with E-state index >= 15 is 0 Å². The van der Waals surface area contributed by atoms with Crippen LogP contribution in [0.4, 0.5) is 0 Å². The first-order chi connectivity index (χ1) is 6.31. The predicted octanol–water partition coefficient (Wildman–Crippen LogP) is 2.13. The van der Waals surface area contributed by atoms with Crippen molar-refractivity contribution in [3.63, 3.8) is 0 Å². The number of nitrogens with zero attached hydrogens (tertiary/aromatic N) is 2. The van der Waals surface area contributed by atoms with E-state index in [4.69, 9.17) is 6.42 Å². The van der Waals surface area contributed by atoms with Crippen LogP contribution in [0.3, 0.4) is 0 Å². The highest BCUT2D eigenvalue weighted by atomic mass is 32.1. The number of imidazole rings is 1. The lowest BCUT2D eigenvalue weighted by molar-refractivity contribution is 0.923.